The molecule has 6 heteroatoms. The van der Waals surface area contributed by atoms with Gasteiger partial charge >= 0.3 is 6.03 Å². The highest BCUT2D eigenvalue weighted by molar-refractivity contribution is 6.16. The van der Waals surface area contributed by atoms with Crippen LogP contribution in [0.5, 0.6) is 0 Å². The fourth-order valence-electron chi connectivity index (χ4n) is 2.78. The van der Waals surface area contributed by atoms with Gasteiger partial charge in [0, 0.05) is 11.4 Å². The Hall–Kier alpha value is -3.15. The minimum atomic E-state index is -0.637. The Morgan fingerprint density at radius 1 is 1.04 bits per heavy atom. The van der Waals surface area contributed by atoms with E-state index in [2.05, 4.69) is 5.32 Å². The summed E-state index contributed by atoms with van der Waals surface area (Å²) in [7, 11) is 0. The Balaban J connectivity index is 1.72. The number of imide groups is 1. The van der Waals surface area contributed by atoms with E-state index in [0.29, 0.717) is 11.4 Å². The molecule has 0 saturated carbocycles. The van der Waals surface area contributed by atoms with Gasteiger partial charge in [-0.15, -0.1) is 0 Å². The van der Waals surface area contributed by atoms with Gasteiger partial charge in [-0.1, -0.05) is 35.9 Å². The number of carbonyl (C=O) groups excluding carboxylic acids is 3. The Labute approximate surface area is 146 Å². The fourth-order valence-corrected chi connectivity index (χ4v) is 2.78. The Kier molecular flexibility index (Phi) is 4.52. The van der Waals surface area contributed by atoms with Crippen LogP contribution in [0.4, 0.5) is 16.2 Å². The number of nitrogens with zero attached hydrogens (tertiary/aromatic N) is 2. The number of carbonyl (C=O) groups is 3. The Bertz CT molecular complexity index is 802. The lowest BCUT2D eigenvalue weighted by atomic mass is 10.2. The summed E-state index contributed by atoms with van der Waals surface area (Å²) in [5, 5.41) is 2.70. The van der Waals surface area contributed by atoms with Crippen molar-refractivity contribution in [3.8, 4) is 0 Å². The van der Waals surface area contributed by atoms with Gasteiger partial charge in [0.25, 0.3) is 5.91 Å². The number of hydrogen-bond acceptors (Lipinski definition) is 3. The quantitative estimate of drug-likeness (QED) is 0.872. The lowest BCUT2D eigenvalue weighted by Gasteiger charge is -2.19. The molecule has 0 bridgehead atoms. The number of hydrogen-bond donors (Lipinski definition) is 1. The number of aryl methyl sites for hydroxylation is 1. The molecule has 6 nitrogen and oxygen atoms in total. The highest BCUT2D eigenvalue weighted by Gasteiger charge is 2.43. The summed E-state index contributed by atoms with van der Waals surface area (Å²) < 4.78 is 0. The molecule has 0 radical (unpaired) electrons. The predicted octanol–water partition coefficient (Wildman–Crippen LogP) is 2.79. The smallest absolute Gasteiger partial charge is 0.325 e. The summed E-state index contributed by atoms with van der Waals surface area (Å²) >= 11 is 0. The zero-order valence-electron chi connectivity index (χ0n) is 14.1. The van der Waals surface area contributed by atoms with Gasteiger partial charge in [0.15, 0.2) is 0 Å². The second-order valence-electron chi connectivity index (χ2n) is 6.00. The summed E-state index contributed by atoms with van der Waals surface area (Å²) in [4.78, 5) is 39.6. The van der Waals surface area contributed by atoms with Crippen LogP contribution in [0.15, 0.2) is 54.6 Å². The van der Waals surface area contributed by atoms with Crippen molar-refractivity contribution in [3.05, 3.63) is 60.2 Å². The van der Waals surface area contributed by atoms with Gasteiger partial charge < -0.3 is 5.32 Å². The van der Waals surface area contributed by atoms with E-state index >= 15 is 0 Å². The molecule has 4 amide bonds. The van der Waals surface area contributed by atoms with Gasteiger partial charge in [-0.05, 0) is 38.1 Å². The molecule has 3 rings (SSSR count). The Morgan fingerprint density at radius 2 is 1.68 bits per heavy atom. The molecule has 1 aliphatic heterocycles. The molecule has 1 unspecified atom stereocenters. The molecule has 25 heavy (non-hydrogen) atoms. The molecule has 1 fully saturated rings. The van der Waals surface area contributed by atoms with Crippen molar-refractivity contribution in [1.29, 1.82) is 0 Å². The van der Waals surface area contributed by atoms with Crippen LogP contribution in [0.3, 0.4) is 0 Å². The van der Waals surface area contributed by atoms with Crippen LogP contribution in [0, 0.1) is 6.92 Å². The third kappa shape index (κ3) is 3.38. The van der Waals surface area contributed by atoms with Crippen LogP contribution in [-0.4, -0.2) is 35.3 Å². The summed E-state index contributed by atoms with van der Waals surface area (Å²) in [5.41, 5.74) is 2.34. The summed E-state index contributed by atoms with van der Waals surface area (Å²) in [5.74, 6) is -0.791. The van der Waals surface area contributed by atoms with Crippen molar-refractivity contribution in [2.24, 2.45) is 0 Å². The van der Waals surface area contributed by atoms with E-state index in [-0.39, 0.29) is 12.5 Å². The van der Waals surface area contributed by atoms with Crippen LogP contribution in [0.25, 0.3) is 0 Å². The van der Waals surface area contributed by atoms with E-state index in [1.807, 2.05) is 25.1 Å². The van der Waals surface area contributed by atoms with Crippen molar-refractivity contribution in [2.75, 3.05) is 16.8 Å². The maximum absolute atomic E-state index is 12.6. The normalized spacial score (nSPS) is 17.1. The number of amides is 4. The molecule has 1 N–H and O–H groups in total. The first-order chi connectivity index (χ1) is 12.0. The first-order valence-corrected chi connectivity index (χ1v) is 8.03. The summed E-state index contributed by atoms with van der Waals surface area (Å²) in [6.45, 7) is 3.30. The highest BCUT2D eigenvalue weighted by Crippen LogP contribution is 2.25. The van der Waals surface area contributed by atoms with Gasteiger partial charge in [-0.2, -0.15) is 0 Å². The van der Waals surface area contributed by atoms with Gasteiger partial charge in [0.05, 0.1) is 0 Å². The van der Waals surface area contributed by atoms with Crippen molar-refractivity contribution in [2.45, 2.75) is 19.9 Å². The molecule has 2 aromatic rings. The zero-order valence-corrected chi connectivity index (χ0v) is 14.1. The maximum atomic E-state index is 12.6. The van der Waals surface area contributed by atoms with Crippen molar-refractivity contribution in [1.82, 2.24) is 4.90 Å². The SMILES string of the molecule is Cc1ccc(NC(=O)CN2C(=O)C(C)N(c3ccccc3)C2=O)cc1. The van der Waals surface area contributed by atoms with Crippen LogP contribution in [-0.2, 0) is 9.59 Å². The number of anilines is 2. The second-order valence-corrected chi connectivity index (χ2v) is 6.00. The van der Waals surface area contributed by atoms with E-state index in [1.54, 1.807) is 43.3 Å². The van der Waals surface area contributed by atoms with Gasteiger partial charge in [-0.25, -0.2) is 4.79 Å². The van der Waals surface area contributed by atoms with Gasteiger partial charge in [-0.3, -0.25) is 19.4 Å². The van der Waals surface area contributed by atoms with E-state index in [9.17, 15) is 14.4 Å². The standard InChI is InChI=1S/C19H19N3O3/c1-13-8-10-15(11-9-13)20-17(23)12-21-18(24)14(2)22(19(21)25)16-6-4-3-5-7-16/h3-11,14H,12H2,1-2H3,(H,20,23). The maximum Gasteiger partial charge on any atom is 0.332 e. The van der Waals surface area contributed by atoms with Crippen molar-refractivity contribution >= 4 is 29.2 Å². The fraction of sp³-hybridized carbons (Fsp3) is 0.211. The first kappa shape index (κ1) is 16.7. The third-order valence-corrected chi connectivity index (χ3v) is 4.12. The molecule has 2 aromatic carbocycles. The Morgan fingerprint density at radius 3 is 2.32 bits per heavy atom. The van der Waals surface area contributed by atoms with Crippen LogP contribution < -0.4 is 10.2 Å². The average molecular weight is 337 g/mol. The van der Waals surface area contributed by atoms with Crippen LogP contribution in [0.2, 0.25) is 0 Å². The molecule has 128 valence electrons. The number of urea groups is 1. The first-order valence-electron chi connectivity index (χ1n) is 8.03. The van der Waals surface area contributed by atoms with Gasteiger partial charge in [0.2, 0.25) is 5.91 Å². The zero-order chi connectivity index (χ0) is 18.0. The van der Waals surface area contributed by atoms with E-state index in [0.717, 1.165) is 10.5 Å². The molecule has 0 aromatic heterocycles. The molecule has 1 heterocycles. The summed E-state index contributed by atoms with van der Waals surface area (Å²) in [6, 6.07) is 15.1. The molecule has 1 saturated heterocycles. The third-order valence-electron chi connectivity index (χ3n) is 4.12. The minimum absolute atomic E-state index is 0.306. The number of benzene rings is 2. The monoisotopic (exact) mass is 337 g/mol. The molecular formula is C19H19N3O3. The van der Waals surface area contributed by atoms with E-state index < -0.39 is 18.0 Å². The number of rotatable bonds is 4. The highest BCUT2D eigenvalue weighted by atomic mass is 16.2. The second kappa shape index (κ2) is 6.76. The average Bonchev–Trinajstić information content (AvgIpc) is 2.81. The molecule has 0 aliphatic carbocycles. The molecule has 0 spiro atoms. The summed E-state index contributed by atoms with van der Waals surface area (Å²) in [6.07, 6.45) is 0. The van der Waals surface area contributed by atoms with Crippen molar-refractivity contribution in [3.63, 3.8) is 0 Å². The lowest BCUT2D eigenvalue weighted by Crippen LogP contribution is -2.39. The minimum Gasteiger partial charge on any atom is -0.325 e. The topological polar surface area (TPSA) is 69.7 Å². The number of nitrogens with one attached hydrogen (secondary N) is 1. The van der Waals surface area contributed by atoms with E-state index in [4.69, 9.17) is 0 Å². The van der Waals surface area contributed by atoms with Crippen molar-refractivity contribution < 1.29 is 14.4 Å². The van der Waals surface area contributed by atoms with Gasteiger partial charge in [0.1, 0.15) is 12.6 Å². The largest absolute Gasteiger partial charge is 0.332 e. The lowest BCUT2D eigenvalue weighted by molar-refractivity contribution is -0.130. The van der Waals surface area contributed by atoms with Crippen LogP contribution >= 0.6 is 0 Å². The van der Waals surface area contributed by atoms with Crippen LogP contribution in [0.1, 0.15) is 12.5 Å². The molecular weight excluding hydrogens is 318 g/mol. The number of para-hydroxylation sites is 1. The molecule has 1 aliphatic rings. The predicted molar refractivity (Wildman–Crippen MR) is 95.3 cm³/mol. The molecule has 1 atom stereocenters. The van der Waals surface area contributed by atoms with E-state index in [1.165, 1.54) is 4.90 Å².